The van der Waals surface area contributed by atoms with E-state index in [0.717, 1.165) is 39.1 Å². The lowest BCUT2D eigenvalue weighted by molar-refractivity contribution is 1.30. The average Bonchev–Trinajstić information content (AvgIpc) is 3.43. The first-order valence-electron chi connectivity index (χ1n) is 13.8. The normalized spacial score (nSPS) is 11.4. The SMILES string of the molecule is c1ccc(-c2cccc(-c3nc4ccccc4nc3-c3cc(-c4ccccc4)cc4sc5ccccc5c34)c2)cc1. The molecule has 0 unspecified atom stereocenters. The van der Waals surface area contributed by atoms with Crippen molar-refractivity contribution in [3.05, 3.63) is 146 Å². The van der Waals surface area contributed by atoms with Crippen molar-refractivity contribution in [2.75, 3.05) is 0 Å². The van der Waals surface area contributed by atoms with E-state index in [4.69, 9.17) is 9.97 Å². The summed E-state index contributed by atoms with van der Waals surface area (Å²) >= 11 is 1.84. The Hall–Kier alpha value is -5.12. The Kier molecular flexibility index (Phi) is 5.68. The van der Waals surface area contributed by atoms with Gasteiger partial charge in [-0.3, -0.25) is 0 Å². The molecule has 8 rings (SSSR count). The fourth-order valence-electron chi connectivity index (χ4n) is 5.70. The second kappa shape index (κ2) is 9.81. The summed E-state index contributed by atoms with van der Waals surface area (Å²) in [5.74, 6) is 0. The van der Waals surface area contributed by atoms with Crippen molar-refractivity contribution >= 4 is 42.5 Å². The van der Waals surface area contributed by atoms with Crippen LogP contribution in [0, 0.1) is 0 Å². The maximum Gasteiger partial charge on any atom is 0.0980 e. The molecule has 0 amide bonds. The van der Waals surface area contributed by atoms with Crippen molar-refractivity contribution in [3.8, 4) is 44.8 Å². The van der Waals surface area contributed by atoms with Crippen molar-refractivity contribution in [1.29, 1.82) is 0 Å². The maximum absolute atomic E-state index is 5.34. The molecule has 0 fully saturated rings. The van der Waals surface area contributed by atoms with Gasteiger partial charge >= 0.3 is 0 Å². The molecule has 2 aromatic heterocycles. The van der Waals surface area contributed by atoms with E-state index in [2.05, 4.69) is 127 Å². The van der Waals surface area contributed by atoms with Crippen molar-refractivity contribution in [1.82, 2.24) is 9.97 Å². The molecule has 2 nitrogen and oxygen atoms in total. The predicted octanol–water partition coefficient (Wildman–Crippen LogP) is 10.7. The van der Waals surface area contributed by atoms with E-state index in [-0.39, 0.29) is 0 Å². The minimum atomic E-state index is 0.891. The van der Waals surface area contributed by atoms with Crippen LogP contribution in [-0.4, -0.2) is 9.97 Å². The van der Waals surface area contributed by atoms with E-state index in [1.54, 1.807) is 0 Å². The molecule has 8 aromatic rings. The highest BCUT2D eigenvalue weighted by molar-refractivity contribution is 7.26. The first kappa shape index (κ1) is 23.7. The summed E-state index contributed by atoms with van der Waals surface area (Å²) < 4.78 is 2.52. The summed E-state index contributed by atoms with van der Waals surface area (Å²) in [6.07, 6.45) is 0. The summed E-state index contributed by atoms with van der Waals surface area (Å²) in [6.45, 7) is 0. The largest absolute Gasteiger partial charge is 0.244 e. The number of benzene rings is 6. The van der Waals surface area contributed by atoms with Crippen LogP contribution in [0.3, 0.4) is 0 Å². The third-order valence-corrected chi connectivity index (χ3v) is 8.77. The van der Waals surface area contributed by atoms with Crippen LogP contribution in [0.4, 0.5) is 0 Å². The number of rotatable bonds is 4. The summed E-state index contributed by atoms with van der Waals surface area (Å²) in [5, 5.41) is 2.48. The maximum atomic E-state index is 5.34. The number of aromatic nitrogens is 2. The predicted molar refractivity (Wildman–Crippen MR) is 174 cm³/mol. The molecular weight excluding hydrogens is 516 g/mol. The van der Waals surface area contributed by atoms with Gasteiger partial charge in [0.05, 0.1) is 22.4 Å². The second-order valence-corrected chi connectivity index (χ2v) is 11.3. The second-order valence-electron chi connectivity index (χ2n) is 10.2. The number of para-hydroxylation sites is 2. The Bertz CT molecular complexity index is 2200. The lowest BCUT2D eigenvalue weighted by atomic mass is 9.94. The fourth-order valence-corrected chi connectivity index (χ4v) is 6.88. The molecule has 0 saturated carbocycles. The van der Waals surface area contributed by atoms with Gasteiger partial charge in [0.2, 0.25) is 0 Å². The molecule has 0 atom stereocenters. The topological polar surface area (TPSA) is 25.8 Å². The number of nitrogens with zero attached hydrogens (tertiary/aromatic N) is 2. The van der Waals surface area contributed by atoms with Gasteiger partial charge in [-0.05, 0) is 58.7 Å². The molecule has 0 aliphatic carbocycles. The molecule has 41 heavy (non-hydrogen) atoms. The number of fused-ring (bicyclic) bond motifs is 4. The Labute approximate surface area is 242 Å². The van der Waals surface area contributed by atoms with Gasteiger partial charge < -0.3 is 0 Å². The molecule has 0 radical (unpaired) electrons. The van der Waals surface area contributed by atoms with Crippen molar-refractivity contribution < 1.29 is 0 Å². The minimum Gasteiger partial charge on any atom is -0.244 e. The number of hydrogen-bond donors (Lipinski definition) is 0. The van der Waals surface area contributed by atoms with Crippen molar-refractivity contribution in [2.24, 2.45) is 0 Å². The van der Waals surface area contributed by atoms with E-state index in [0.29, 0.717) is 0 Å². The van der Waals surface area contributed by atoms with Crippen LogP contribution in [0.25, 0.3) is 76.0 Å². The molecule has 0 N–H and O–H groups in total. The van der Waals surface area contributed by atoms with E-state index in [1.807, 2.05) is 29.5 Å². The van der Waals surface area contributed by atoms with E-state index < -0.39 is 0 Å². The zero-order chi connectivity index (χ0) is 27.2. The van der Waals surface area contributed by atoms with Gasteiger partial charge in [-0.1, -0.05) is 109 Å². The fraction of sp³-hybridized carbons (Fsp3) is 0. The van der Waals surface area contributed by atoms with Gasteiger partial charge in [-0.2, -0.15) is 0 Å². The summed E-state index contributed by atoms with van der Waals surface area (Å²) in [5.41, 5.74) is 10.5. The van der Waals surface area contributed by atoms with Crippen molar-refractivity contribution in [3.63, 3.8) is 0 Å². The molecule has 2 heterocycles. The van der Waals surface area contributed by atoms with Gasteiger partial charge in [0.1, 0.15) is 0 Å². The zero-order valence-corrected chi connectivity index (χ0v) is 23.0. The highest BCUT2D eigenvalue weighted by Gasteiger charge is 2.20. The van der Waals surface area contributed by atoms with E-state index >= 15 is 0 Å². The van der Waals surface area contributed by atoms with Crippen LogP contribution in [0.1, 0.15) is 0 Å². The van der Waals surface area contributed by atoms with Gasteiger partial charge in [0.15, 0.2) is 0 Å². The van der Waals surface area contributed by atoms with Crippen LogP contribution in [0.5, 0.6) is 0 Å². The molecule has 0 aliphatic rings. The monoisotopic (exact) mass is 540 g/mol. The molecule has 0 bridgehead atoms. The lowest BCUT2D eigenvalue weighted by Crippen LogP contribution is -1.97. The van der Waals surface area contributed by atoms with Gasteiger partial charge in [0.25, 0.3) is 0 Å². The standard InChI is InChI=1S/C38H24N2S/c1-3-12-25(13-4-1)27-16-11-17-28(22-27)37-38(40-33-20-9-8-19-32(33)39-37)31-23-29(26-14-5-2-6-15-26)24-35-36(31)30-18-7-10-21-34(30)41-35/h1-24H. The summed E-state index contributed by atoms with van der Waals surface area (Å²) in [7, 11) is 0. The summed E-state index contributed by atoms with van der Waals surface area (Å²) in [6, 6.07) is 51.3. The Balaban J connectivity index is 1.46. The first-order valence-corrected chi connectivity index (χ1v) is 14.6. The van der Waals surface area contributed by atoms with Crippen LogP contribution in [0.15, 0.2) is 146 Å². The van der Waals surface area contributed by atoms with Gasteiger partial charge in [0, 0.05) is 31.3 Å². The molecule has 0 spiro atoms. The highest BCUT2D eigenvalue weighted by Crippen LogP contribution is 2.44. The van der Waals surface area contributed by atoms with Crippen LogP contribution in [0.2, 0.25) is 0 Å². The highest BCUT2D eigenvalue weighted by atomic mass is 32.1. The lowest BCUT2D eigenvalue weighted by Gasteiger charge is -2.14. The molecular formula is C38H24N2S. The smallest absolute Gasteiger partial charge is 0.0980 e. The third kappa shape index (κ3) is 4.19. The van der Waals surface area contributed by atoms with E-state index in [9.17, 15) is 0 Å². The van der Waals surface area contributed by atoms with Gasteiger partial charge in [-0.15, -0.1) is 11.3 Å². The Morgan fingerprint density at radius 1 is 0.390 bits per heavy atom. The van der Waals surface area contributed by atoms with Crippen molar-refractivity contribution in [2.45, 2.75) is 0 Å². The van der Waals surface area contributed by atoms with Crippen LogP contribution in [-0.2, 0) is 0 Å². The zero-order valence-electron chi connectivity index (χ0n) is 22.2. The third-order valence-electron chi connectivity index (χ3n) is 7.65. The summed E-state index contributed by atoms with van der Waals surface area (Å²) in [4.78, 5) is 10.6. The molecule has 3 heteroatoms. The van der Waals surface area contributed by atoms with E-state index in [1.165, 1.54) is 36.9 Å². The average molecular weight is 541 g/mol. The quantitative estimate of drug-likeness (QED) is 0.222. The Morgan fingerprint density at radius 2 is 0.976 bits per heavy atom. The minimum absolute atomic E-state index is 0.891. The number of thiophene rings is 1. The number of hydrogen-bond acceptors (Lipinski definition) is 3. The molecule has 6 aromatic carbocycles. The van der Waals surface area contributed by atoms with Gasteiger partial charge in [-0.25, -0.2) is 9.97 Å². The first-order chi connectivity index (χ1) is 20.3. The molecule has 0 saturated heterocycles. The Morgan fingerprint density at radius 3 is 1.73 bits per heavy atom. The van der Waals surface area contributed by atoms with Crippen LogP contribution < -0.4 is 0 Å². The molecule has 192 valence electrons. The molecule has 0 aliphatic heterocycles. The van der Waals surface area contributed by atoms with Crippen LogP contribution >= 0.6 is 11.3 Å².